The van der Waals surface area contributed by atoms with Crippen LogP contribution in [0.25, 0.3) is 0 Å². The van der Waals surface area contributed by atoms with E-state index in [4.69, 9.17) is 11.6 Å². The molecule has 20 heavy (non-hydrogen) atoms. The van der Waals surface area contributed by atoms with Crippen LogP contribution in [0, 0.1) is 0 Å². The first-order valence-electron chi connectivity index (χ1n) is 6.19. The zero-order valence-corrected chi connectivity index (χ0v) is 12.3. The molecule has 0 unspecified atom stereocenters. The van der Waals surface area contributed by atoms with Crippen LogP contribution in [0.15, 0.2) is 23.6 Å². The third-order valence-electron chi connectivity index (χ3n) is 3.16. The lowest BCUT2D eigenvalue weighted by molar-refractivity contribution is -0.114. The van der Waals surface area contributed by atoms with Gasteiger partial charge < -0.3 is 0 Å². The Kier molecular flexibility index (Phi) is 3.31. The minimum Gasteiger partial charge on any atom is -0.297 e. The topological polar surface area (TPSA) is 50.3 Å². The van der Waals surface area contributed by atoms with Crippen LogP contribution in [0.1, 0.15) is 28.0 Å². The summed E-state index contributed by atoms with van der Waals surface area (Å²) in [6.07, 6.45) is 0.856. The lowest BCUT2D eigenvalue weighted by atomic mass is 10.1. The number of para-hydroxylation sites is 1. The molecule has 0 bridgehead atoms. The summed E-state index contributed by atoms with van der Waals surface area (Å²) < 4.78 is 0. The van der Waals surface area contributed by atoms with E-state index in [0.717, 1.165) is 17.1 Å². The minimum atomic E-state index is -0.542. The number of ketones is 1. The molecule has 0 radical (unpaired) electrons. The fourth-order valence-corrected chi connectivity index (χ4v) is 3.22. The van der Waals surface area contributed by atoms with Crippen molar-refractivity contribution in [3.8, 4) is 0 Å². The minimum absolute atomic E-state index is 0.276. The number of benzene rings is 1. The van der Waals surface area contributed by atoms with Crippen molar-refractivity contribution in [3.63, 3.8) is 0 Å². The second-order valence-corrected chi connectivity index (χ2v) is 5.79. The fraction of sp³-hybridized carbons (Fsp3) is 0.214. The highest BCUT2D eigenvalue weighted by Gasteiger charge is 2.37. The van der Waals surface area contributed by atoms with E-state index in [1.165, 1.54) is 4.90 Å². The number of rotatable bonds is 3. The molecule has 3 rings (SSSR count). The smallest absolute Gasteiger partial charge is 0.297 e. The van der Waals surface area contributed by atoms with Gasteiger partial charge in [-0.3, -0.25) is 14.5 Å². The molecule has 0 saturated carbocycles. The van der Waals surface area contributed by atoms with Gasteiger partial charge in [0.2, 0.25) is 0 Å². The van der Waals surface area contributed by atoms with Gasteiger partial charge in [-0.2, -0.15) is 0 Å². The third kappa shape index (κ3) is 2.03. The van der Waals surface area contributed by atoms with Crippen LogP contribution >= 0.6 is 22.9 Å². The van der Waals surface area contributed by atoms with Crippen LogP contribution in [0.3, 0.4) is 0 Å². The molecule has 6 heteroatoms. The quantitative estimate of drug-likeness (QED) is 0.819. The molecular formula is C14H11ClN2O2S. The molecule has 2 aromatic rings. The van der Waals surface area contributed by atoms with Gasteiger partial charge in [0.05, 0.1) is 33.5 Å². The van der Waals surface area contributed by atoms with Crippen molar-refractivity contribution in [2.75, 3.05) is 4.90 Å². The SMILES string of the molecule is CCc1nc(CN2C(=O)C(=O)c3cccc(Cl)c32)cs1. The largest absolute Gasteiger partial charge is 0.299 e. The number of Topliss-reactive ketones (excluding diaryl/α,β-unsaturated/α-hetero) is 1. The molecular weight excluding hydrogens is 296 g/mol. The van der Waals surface area contributed by atoms with Gasteiger partial charge in [0.1, 0.15) is 0 Å². The molecule has 1 amide bonds. The van der Waals surface area contributed by atoms with Gasteiger partial charge in [-0.1, -0.05) is 24.6 Å². The molecule has 1 aromatic carbocycles. The Bertz CT molecular complexity index is 711. The summed E-state index contributed by atoms with van der Waals surface area (Å²) in [6, 6.07) is 4.98. The average Bonchev–Trinajstić information content (AvgIpc) is 2.99. The summed E-state index contributed by atoms with van der Waals surface area (Å²) >= 11 is 7.68. The van der Waals surface area contributed by atoms with Crippen molar-refractivity contribution in [2.24, 2.45) is 0 Å². The first-order valence-corrected chi connectivity index (χ1v) is 7.45. The van der Waals surface area contributed by atoms with Gasteiger partial charge in [0.15, 0.2) is 0 Å². The van der Waals surface area contributed by atoms with E-state index in [1.807, 2.05) is 12.3 Å². The normalized spacial score (nSPS) is 14.0. The summed E-state index contributed by atoms with van der Waals surface area (Å²) in [7, 11) is 0. The number of carbonyl (C=O) groups is 2. The molecule has 0 aliphatic carbocycles. The van der Waals surface area contributed by atoms with Crippen molar-refractivity contribution >= 4 is 40.3 Å². The van der Waals surface area contributed by atoms with Crippen LogP contribution in [0.5, 0.6) is 0 Å². The summed E-state index contributed by atoms with van der Waals surface area (Å²) in [5, 5.41) is 3.33. The van der Waals surface area contributed by atoms with Crippen LogP contribution in [0.2, 0.25) is 5.02 Å². The Morgan fingerprint density at radius 1 is 1.35 bits per heavy atom. The lowest BCUT2D eigenvalue weighted by Crippen LogP contribution is -2.29. The predicted molar refractivity (Wildman–Crippen MR) is 78.5 cm³/mol. The fourth-order valence-electron chi connectivity index (χ4n) is 2.21. The number of carbonyl (C=O) groups excluding carboxylic acids is 2. The van der Waals surface area contributed by atoms with Crippen molar-refractivity contribution in [2.45, 2.75) is 19.9 Å². The summed E-state index contributed by atoms with van der Waals surface area (Å²) in [6.45, 7) is 2.30. The summed E-state index contributed by atoms with van der Waals surface area (Å²) in [4.78, 5) is 29.9. The highest BCUT2D eigenvalue weighted by molar-refractivity contribution is 7.09. The maximum Gasteiger partial charge on any atom is 0.299 e. The standard InChI is InChI=1S/C14H11ClN2O2S/c1-2-11-16-8(7-20-11)6-17-12-9(13(18)14(17)19)4-3-5-10(12)15/h3-5,7H,2,6H2,1H3. The summed E-state index contributed by atoms with van der Waals surface area (Å²) in [5.41, 5.74) is 1.64. The van der Waals surface area contributed by atoms with E-state index in [-0.39, 0.29) is 6.54 Å². The number of amides is 1. The predicted octanol–water partition coefficient (Wildman–Crippen LogP) is 3.09. The van der Waals surface area contributed by atoms with Gasteiger partial charge in [0, 0.05) is 5.38 Å². The average molecular weight is 307 g/mol. The maximum atomic E-state index is 12.1. The Morgan fingerprint density at radius 2 is 2.15 bits per heavy atom. The number of fused-ring (bicyclic) bond motifs is 1. The second-order valence-electron chi connectivity index (χ2n) is 4.44. The molecule has 1 aromatic heterocycles. The van der Waals surface area contributed by atoms with Crippen molar-refractivity contribution in [1.82, 2.24) is 4.98 Å². The molecule has 0 saturated heterocycles. The first-order chi connectivity index (χ1) is 9.61. The van der Waals surface area contributed by atoms with Crippen molar-refractivity contribution in [3.05, 3.63) is 44.9 Å². The lowest BCUT2D eigenvalue weighted by Gasteiger charge is -2.16. The molecule has 4 nitrogen and oxygen atoms in total. The number of halogens is 1. The van der Waals surface area contributed by atoms with Crippen LogP contribution in [0.4, 0.5) is 5.69 Å². The molecule has 0 N–H and O–H groups in total. The zero-order chi connectivity index (χ0) is 14.3. The van der Waals surface area contributed by atoms with Gasteiger partial charge >= 0.3 is 0 Å². The van der Waals surface area contributed by atoms with Crippen LogP contribution in [-0.4, -0.2) is 16.7 Å². The molecule has 2 heterocycles. The monoisotopic (exact) mass is 306 g/mol. The Balaban J connectivity index is 1.98. The number of anilines is 1. The van der Waals surface area contributed by atoms with Gasteiger partial charge in [0.25, 0.3) is 11.7 Å². The highest BCUT2D eigenvalue weighted by Crippen LogP contribution is 2.36. The second kappa shape index (κ2) is 5.00. The number of hydrogen-bond donors (Lipinski definition) is 0. The number of aryl methyl sites for hydroxylation is 1. The van der Waals surface area contributed by atoms with E-state index in [1.54, 1.807) is 29.5 Å². The van der Waals surface area contributed by atoms with E-state index in [2.05, 4.69) is 4.98 Å². The first kappa shape index (κ1) is 13.3. The zero-order valence-electron chi connectivity index (χ0n) is 10.7. The van der Waals surface area contributed by atoms with Crippen molar-refractivity contribution in [1.29, 1.82) is 0 Å². The molecule has 1 aliphatic heterocycles. The Morgan fingerprint density at radius 3 is 2.85 bits per heavy atom. The number of aromatic nitrogens is 1. The third-order valence-corrected chi connectivity index (χ3v) is 4.51. The van der Waals surface area contributed by atoms with Gasteiger partial charge in [-0.05, 0) is 18.6 Å². The highest BCUT2D eigenvalue weighted by atomic mass is 35.5. The number of nitrogens with zero attached hydrogens (tertiary/aromatic N) is 2. The molecule has 102 valence electrons. The van der Waals surface area contributed by atoms with E-state index >= 15 is 0 Å². The van der Waals surface area contributed by atoms with Gasteiger partial charge in [-0.25, -0.2) is 4.98 Å². The molecule has 0 atom stereocenters. The Labute approximate surface area is 125 Å². The van der Waals surface area contributed by atoms with Crippen LogP contribution < -0.4 is 4.90 Å². The molecule has 0 fully saturated rings. The van der Waals surface area contributed by atoms with E-state index < -0.39 is 11.7 Å². The number of hydrogen-bond acceptors (Lipinski definition) is 4. The maximum absolute atomic E-state index is 12.1. The summed E-state index contributed by atoms with van der Waals surface area (Å²) in [5.74, 6) is -1.05. The van der Waals surface area contributed by atoms with E-state index in [0.29, 0.717) is 16.3 Å². The molecule has 1 aliphatic rings. The number of thiazole rings is 1. The van der Waals surface area contributed by atoms with Crippen LogP contribution in [-0.2, 0) is 17.8 Å². The Hall–Kier alpha value is -1.72. The molecule has 0 spiro atoms. The van der Waals surface area contributed by atoms with E-state index in [9.17, 15) is 9.59 Å². The van der Waals surface area contributed by atoms with Gasteiger partial charge in [-0.15, -0.1) is 11.3 Å². The van der Waals surface area contributed by atoms with Crippen molar-refractivity contribution < 1.29 is 9.59 Å².